The third-order valence-electron chi connectivity index (χ3n) is 3.07. The molecule has 0 saturated carbocycles. The second-order valence-electron chi connectivity index (χ2n) is 4.73. The first-order valence-corrected chi connectivity index (χ1v) is 8.13. The Kier molecular flexibility index (Phi) is 5.72. The van der Waals surface area contributed by atoms with Gasteiger partial charge in [0.25, 0.3) is 5.91 Å². The van der Waals surface area contributed by atoms with Gasteiger partial charge in [-0.15, -0.1) is 0 Å². The second kappa shape index (κ2) is 7.55. The van der Waals surface area contributed by atoms with Gasteiger partial charge in [-0.1, -0.05) is 29.1 Å². The summed E-state index contributed by atoms with van der Waals surface area (Å²) in [7, 11) is 0. The number of ether oxygens (including phenoxy) is 1. The lowest BCUT2D eigenvalue weighted by atomic mass is 10.2. The van der Waals surface area contributed by atoms with Crippen LogP contribution in [0.3, 0.4) is 0 Å². The number of carbonyl (C=O) groups excluding carboxylic acids is 3. The van der Waals surface area contributed by atoms with Crippen molar-refractivity contribution < 1.29 is 23.6 Å². The normalized spacial score (nSPS) is 14.3. The van der Waals surface area contributed by atoms with E-state index in [-0.39, 0.29) is 18.0 Å². The third kappa shape index (κ3) is 4.29. The number of esters is 1. The molecule has 0 spiro atoms. The molecule has 0 unspecified atom stereocenters. The van der Waals surface area contributed by atoms with E-state index in [1.54, 1.807) is 13.8 Å². The molecule has 0 radical (unpaired) electrons. The van der Waals surface area contributed by atoms with Gasteiger partial charge in [0.15, 0.2) is 6.61 Å². The Labute approximate surface area is 141 Å². The fourth-order valence-electron chi connectivity index (χ4n) is 1.93. The molecule has 1 aliphatic rings. The van der Waals surface area contributed by atoms with Gasteiger partial charge < -0.3 is 14.6 Å². The SMILES string of the molecule is Cc1noc(C)c1C(=O)OCC(=O)NCCN1C(=O)CSC1=S. The molecule has 0 aliphatic carbocycles. The maximum absolute atomic E-state index is 11.8. The minimum atomic E-state index is -0.663. The fourth-order valence-corrected chi connectivity index (χ4v) is 3.05. The molecule has 23 heavy (non-hydrogen) atoms. The second-order valence-corrected chi connectivity index (χ2v) is 6.33. The number of hydrogen-bond acceptors (Lipinski definition) is 8. The number of thiocarbonyl (C=S) groups is 1. The number of carbonyl (C=O) groups is 3. The Morgan fingerprint density at radius 2 is 2.22 bits per heavy atom. The van der Waals surface area contributed by atoms with Gasteiger partial charge in [0.1, 0.15) is 15.6 Å². The Hall–Kier alpha value is -1.94. The Bertz CT molecular complexity index is 623. The van der Waals surface area contributed by atoms with Crippen molar-refractivity contribution in [2.24, 2.45) is 0 Å². The van der Waals surface area contributed by atoms with Crippen molar-refractivity contribution in [3.05, 3.63) is 17.0 Å². The van der Waals surface area contributed by atoms with Crippen LogP contribution in [-0.4, -0.2) is 57.6 Å². The molecule has 2 rings (SSSR count). The molecule has 1 fully saturated rings. The van der Waals surface area contributed by atoms with Crippen molar-refractivity contribution >= 4 is 46.1 Å². The summed E-state index contributed by atoms with van der Waals surface area (Å²) in [6.07, 6.45) is 0. The number of thioether (sulfide) groups is 1. The van der Waals surface area contributed by atoms with E-state index in [4.69, 9.17) is 21.5 Å². The summed E-state index contributed by atoms with van der Waals surface area (Å²) in [4.78, 5) is 36.4. The van der Waals surface area contributed by atoms with Crippen molar-refractivity contribution in [1.82, 2.24) is 15.4 Å². The summed E-state index contributed by atoms with van der Waals surface area (Å²) in [5.41, 5.74) is 0.634. The van der Waals surface area contributed by atoms with Crippen LogP contribution in [0, 0.1) is 13.8 Å². The van der Waals surface area contributed by atoms with E-state index in [0.717, 1.165) is 0 Å². The molecule has 1 N–H and O–H groups in total. The minimum absolute atomic E-state index is 0.0703. The summed E-state index contributed by atoms with van der Waals surface area (Å²) in [5, 5.41) is 6.21. The van der Waals surface area contributed by atoms with Crippen LogP contribution in [0.5, 0.6) is 0 Å². The van der Waals surface area contributed by atoms with Crippen LogP contribution >= 0.6 is 24.0 Å². The molecule has 0 bridgehead atoms. The van der Waals surface area contributed by atoms with Gasteiger partial charge in [-0.25, -0.2) is 4.79 Å². The fraction of sp³-hybridized carbons (Fsp3) is 0.462. The molecule has 10 heteroatoms. The van der Waals surface area contributed by atoms with Crippen LogP contribution < -0.4 is 5.32 Å². The number of hydrogen-bond donors (Lipinski definition) is 1. The Morgan fingerprint density at radius 1 is 1.48 bits per heavy atom. The molecular formula is C13H15N3O5S2. The zero-order chi connectivity index (χ0) is 17.0. The van der Waals surface area contributed by atoms with Crippen molar-refractivity contribution in [2.45, 2.75) is 13.8 Å². The van der Waals surface area contributed by atoms with Gasteiger partial charge in [-0.2, -0.15) is 0 Å². The molecule has 2 amide bonds. The molecular weight excluding hydrogens is 342 g/mol. The number of aryl methyl sites for hydroxylation is 2. The van der Waals surface area contributed by atoms with E-state index < -0.39 is 18.5 Å². The number of aromatic nitrogens is 1. The highest BCUT2D eigenvalue weighted by atomic mass is 32.2. The van der Waals surface area contributed by atoms with E-state index in [1.165, 1.54) is 16.7 Å². The lowest BCUT2D eigenvalue weighted by molar-refractivity contribution is -0.126. The van der Waals surface area contributed by atoms with Crippen LogP contribution in [0.2, 0.25) is 0 Å². The zero-order valence-corrected chi connectivity index (χ0v) is 14.2. The lowest BCUT2D eigenvalue weighted by Crippen LogP contribution is -2.38. The predicted molar refractivity (Wildman–Crippen MR) is 86.0 cm³/mol. The summed E-state index contributed by atoms with van der Waals surface area (Å²) < 4.78 is 10.3. The topological polar surface area (TPSA) is 102 Å². The van der Waals surface area contributed by atoms with Crippen molar-refractivity contribution in [3.63, 3.8) is 0 Å². The summed E-state index contributed by atoms with van der Waals surface area (Å²) in [6.45, 7) is 3.31. The Morgan fingerprint density at radius 3 is 2.78 bits per heavy atom. The average molecular weight is 357 g/mol. The first-order chi connectivity index (χ1) is 10.9. The predicted octanol–water partition coefficient (Wildman–Crippen LogP) is 0.425. The molecule has 1 aliphatic heterocycles. The quantitative estimate of drug-likeness (QED) is 0.577. The first kappa shape index (κ1) is 17.4. The summed E-state index contributed by atoms with van der Waals surface area (Å²) in [5.74, 6) is -0.522. The van der Waals surface area contributed by atoms with E-state index in [2.05, 4.69) is 10.5 Å². The highest BCUT2D eigenvalue weighted by Crippen LogP contribution is 2.18. The van der Waals surface area contributed by atoms with Crippen LogP contribution in [0.4, 0.5) is 0 Å². The van der Waals surface area contributed by atoms with Gasteiger partial charge in [0.05, 0.1) is 11.4 Å². The van der Waals surface area contributed by atoms with Crippen LogP contribution in [-0.2, 0) is 14.3 Å². The molecule has 1 saturated heterocycles. The maximum atomic E-state index is 11.8. The zero-order valence-electron chi connectivity index (χ0n) is 12.6. The van der Waals surface area contributed by atoms with E-state index in [9.17, 15) is 14.4 Å². The standard InChI is InChI=1S/C13H15N3O5S2/c1-7-11(8(2)21-15-7)12(19)20-5-9(17)14-3-4-16-10(18)6-23-13(16)22/h3-6H2,1-2H3,(H,14,17). The van der Waals surface area contributed by atoms with E-state index >= 15 is 0 Å². The van der Waals surface area contributed by atoms with Crippen LogP contribution in [0.15, 0.2) is 4.52 Å². The number of rotatable bonds is 6. The molecule has 1 aromatic heterocycles. The summed E-state index contributed by atoms with van der Waals surface area (Å²) >= 11 is 6.32. The van der Waals surface area contributed by atoms with Crippen molar-refractivity contribution in [3.8, 4) is 0 Å². The Balaban J connectivity index is 1.72. The lowest BCUT2D eigenvalue weighted by Gasteiger charge is -2.15. The molecule has 124 valence electrons. The van der Waals surface area contributed by atoms with Crippen molar-refractivity contribution in [2.75, 3.05) is 25.4 Å². The van der Waals surface area contributed by atoms with Gasteiger partial charge in [0, 0.05) is 13.1 Å². The monoisotopic (exact) mass is 357 g/mol. The minimum Gasteiger partial charge on any atom is -0.452 e. The summed E-state index contributed by atoms with van der Waals surface area (Å²) in [6, 6.07) is 0. The first-order valence-electron chi connectivity index (χ1n) is 6.74. The largest absolute Gasteiger partial charge is 0.452 e. The molecule has 2 heterocycles. The van der Waals surface area contributed by atoms with Gasteiger partial charge in [-0.05, 0) is 13.8 Å². The van der Waals surface area contributed by atoms with Crippen LogP contribution in [0.1, 0.15) is 21.8 Å². The molecule has 0 aromatic carbocycles. The van der Waals surface area contributed by atoms with Gasteiger partial charge >= 0.3 is 5.97 Å². The smallest absolute Gasteiger partial charge is 0.344 e. The third-order valence-corrected chi connectivity index (χ3v) is 4.50. The van der Waals surface area contributed by atoms with E-state index in [1.807, 2.05) is 0 Å². The highest BCUT2D eigenvalue weighted by Gasteiger charge is 2.26. The van der Waals surface area contributed by atoms with Crippen LogP contribution in [0.25, 0.3) is 0 Å². The maximum Gasteiger partial charge on any atom is 0.344 e. The van der Waals surface area contributed by atoms with Gasteiger partial charge in [0.2, 0.25) is 5.91 Å². The number of amides is 2. The molecule has 1 aromatic rings. The number of nitrogens with one attached hydrogen (secondary N) is 1. The van der Waals surface area contributed by atoms with Crippen molar-refractivity contribution in [1.29, 1.82) is 0 Å². The molecule has 8 nitrogen and oxygen atoms in total. The highest BCUT2D eigenvalue weighted by molar-refractivity contribution is 8.23. The average Bonchev–Trinajstić information content (AvgIpc) is 3.00. The molecule has 0 atom stereocenters. The van der Waals surface area contributed by atoms with E-state index in [0.29, 0.717) is 28.1 Å². The number of nitrogens with zero attached hydrogens (tertiary/aromatic N) is 2. The van der Waals surface area contributed by atoms with Gasteiger partial charge in [-0.3, -0.25) is 14.5 Å².